The zero-order valence-corrected chi connectivity index (χ0v) is 26.4. The molecule has 3 aromatic rings. The number of carbonyl (C=O) groups is 4. The van der Waals surface area contributed by atoms with E-state index in [0.717, 1.165) is 0 Å². The monoisotopic (exact) mass is 614 g/mol. The summed E-state index contributed by atoms with van der Waals surface area (Å²) in [5.74, 6) is -3.51. The van der Waals surface area contributed by atoms with Crippen molar-refractivity contribution in [1.82, 2.24) is 9.80 Å². The maximum atomic E-state index is 13.9. The van der Waals surface area contributed by atoms with Gasteiger partial charge in [0.15, 0.2) is 0 Å². The number of nitrogens with zero attached hydrogens (tertiary/aromatic N) is 4. The van der Waals surface area contributed by atoms with Crippen molar-refractivity contribution in [2.45, 2.75) is 51.9 Å². The lowest BCUT2D eigenvalue weighted by Gasteiger charge is -2.45. The van der Waals surface area contributed by atoms with E-state index in [1.807, 2.05) is 113 Å². The molecule has 0 aliphatic carbocycles. The molecule has 0 bridgehead atoms. The van der Waals surface area contributed by atoms with Gasteiger partial charge in [-0.15, -0.1) is 0 Å². The van der Waals surface area contributed by atoms with Gasteiger partial charge in [-0.1, -0.05) is 101 Å². The molecule has 4 aliphatic rings. The van der Waals surface area contributed by atoms with E-state index in [2.05, 4.69) is 0 Å². The van der Waals surface area contributed by atoms with Crippen LogP contribution in [0.3, 0.4) is 0 Å². The minimum atomic E-state index is -1.08. The molecule has 0 radical (unpaired) electrons. The number of hydrogen-bond acceptors (Lipinski definition) is 4. The fourth-order valence-electron chi connectivity index (χ4n) is 6.04. The van der Waals surface area contributed by atoms with E-state index >= 15 is 0 Å². The molecule has 7 rings (SSSR count). The molecule has 4 aliphatic heterocycles. The average molecular weight is 615 g/mol. The topological polar surface area (TPSA) is 81.2 Å². The Balaban J connectivity index is 0.00000100. The van der Waals surface area contributed by atoms with Crippen LogP contribution in [-0.2, 0) is 19.2 Å². The maximum absolute atomic E-state index is 13.9. The van der Waals surface area contributed by atoms with Gasteiger partial charge in [-0.25, -0.2) is 0 Å². The lowest BCUT2D eigenvalue weighted by molar-refractivity contribution is -0.142. The van der Waals surface area contributed by atoms with E-state index in [9.17, 15) is 19.2 Å². The van der Waals surface area contributed by atoms with Crippen molar-refractivity contribution >= 4 is 35.0 Å². The summed E-state index contributed by atoms with van der Waals surface area (Å²) in [4.78, 5) is 61.5. The number of para-hydroxylation sites is 2. The number of carbonyl (C=O) groups excluding carboxylic acids is 4. The molecule has 2 fully saturated rings. The van der Waals surface area contributed by atoms with Crippen molar-refractivity contribution < 1.29 is 19.2 Å². The zero-order chi connectivity index (χ0) is 32.8. The van der Waals surface area contributed by atoms with Gasteiger partial charge in [-0.2, -0.15) is 0 Å². The SMILES string of the molecule is CC.CC.O=C1C(c2ccc(C3C(=O)N4C=CC=CC4N(c4ccccc4)C3=O)cc2)C(=O)N(c2ccccc2)C2C=CC=CN12. The van der Waals surface area contributed by atoms with Crippen LogP contribution >= 0.6 is 0 Å². The maximum Gasteiger partial charge on any atom is 0.246 e. The molecule has 0 saturated carbocycles. The Labute approximate surface area is 270 Å². The number of amides is 4. The number of benzene rings is 3. The minimum Gasteiger partial charge on any atom is -0.293 e. The fourth-order valence-corrected chi connectivity index (χ4v) is 6.04. The third-order valence-electron chi connectivity index (χ3n) is 8.02. The predicted molar refractivity (Wildman–Crippen MR) is 180 cm³/mol. The van der Waals surface area contributed by atoms with Gasteiger partial charge in [0.25, 0.3) is 0 Å². The van der Waals surface area contributed by atoms with E-state index in [1.54, 1.807) is 68.4 Å². The van der Waals surface area contributed by atoms with Crippen LogP contribution in [-0.4, -0.2) is 45.8 Å². The van der Waals surface area contributed by atoms with Crippen LogP contribution < -0.4 is 9.80 Å². The second kappa shape index (κ2) is 14.1. The highest BCUT2D eigenvalue weighted by Gasteiger charge is 2.48. The van der Waals surface area contributed by atoms with Crippen LogP contribution in [0.4, 0.5) is 11.4 Å². The Hall–Kier alpha value is -5.50. The highest BCUT2D eigenvalue weighted by atomic mass is 16.2. The van der Waals surface area contributed by atoms with Gasteiger partial charge in [0.05, 0.1) is 0 Å². The predicted octanol–water partition coefficient (Wildman–Crippen LogP) is 6.48. The third-order valence-corrected chi connectivity index (χ3v) is 8.02. The Morgan fingerprint density at radius 1 is 0.435 bits per heavy atom. The number of rotatable bonds is 4. The van der Waals surface area contributed by atoms with E-state index in [4.69, 9.17) is 0 Å². The minimum absolute atomic E-state index is 0.335. The third kappa shape index (κ3) is 5.58. The van der Waals surface area contributed by atoms with Gasteiger partial charge in [-0.3, -0.25) is 38.8 Å². The van der Waals surface area contributed by atoms with Crippen LogP contribution in [0, 0.1) is 0 Å². The van der Waals surface area contributed by atoms with E-state index in [-0.39, 0.29) is 23.6 Å². The summed E-state index contributed by atoms with van der Waals surface area (Å²) in [6.07, 6.45) is 13.1. The molecule has 234 valence electrons. The molecule has 0 aromatic heterocycles. The van der Waals surface area contributed by atoms with Crippen molar-refractivity contribution in [3.05, 3.63) is 145 Å². The molecule has 4 unspecified atom stereocenters. The van der Waals surface area contributed by atoms with Gasteiger partial charge in [-0.05, 0) is 59.7 Å². The van der Waals surface area contributed by atoms with Gasteiger partial charge in [0.2, 0.25) is 23.6 Å². The highest BCUT2D eigenvalue weighted by Crippen LogP contribution is 2.37. The molecule has 4 atom stereocenters. The lowest BCUT2D eigenvalue weighted by Crippen LogP contribution is -2.60. The van der Waals surface area contributed by atoms with Crippen LogP contribution in [0.25, 0.3) is 0 Å². The summed E-state index contributed by atoms with van der Waals surface area (Å²) < 4.78 is 0. The molecule has 46 heavy (non-hydrogen) atoms. The summed E-state index contributed by atoms with van der Waals surface area (Å²) >= 11 is 0. The van der Waals surface area contributed by atoms with Crippen LogP contribution in [0.2, 0.25) is 0 Å². The molecule has 4 amide bonds. The fraction of sp³-hybridized carbons (Fsp3) is 0.211. The van der Waals surface area contributed by atoms with Gasteiger partial charge in [0.1, 0.15) is 24.2 Å². The van der Waals surface area contributed by atoms with Crippen molar-refractivity contribution in [1.29, 1.82) is 0 Å². The van der Waals surface area contributed by atoms with E-state index < -0.39 is 24.2 Å². The Kier molecular flexibility index (Phi) is 9.76. The van der Waals surface area contributed by atoms with Crippen LogP contribution in [0.15, 0.2) is 134 Å². The normalized spacial score (nSPS) is 22.9. The first kappa shape index (κ1) is 31.9. The largest absolute Gasteiger partial charge is 0.293 e. The first-order valence-corrected chi connectivity index (χ1v) is 15.7. The smallest absolute Gasteiger partial charge is 0.246 e. The number of allylic oxidation sites excluding steroid dienone is 4. The molecule has 0 spiro atoms. The van der Waals surface area contributed by atoms with Crippen molar-refractivity contribution in [3.8, 4) is 0 Å². The molecule has 0 N–H and O–H groups in total. The van der Waals surface area contributed by atoms with Gasteiger partial charge >= 0.3 is 0 Å². The molecular formula is C38H38N4O4. The summed E-state index contributed by atoms with van der Waals surface area (Å²) in [5, 5.41) is 0. The van der Waals surface area contributed by atoms with Crippen molar-refractivity contribution in [2.24, 2.45) is 0 Å². The van der Waals surface area contributed by atoms with Crippen LogP contribution in [0.1, 0.15) is 50.7 Å². The molecular weight excluding hydrogens is 576 g/mol. The second-order valence-corrected chi connectivity index (χ2v) is 10.4. The number of fused-ring (bicyclic) bond motifs is 2. The van der Waals surface area contributed by atoms with E-state index in [0.29, 0.717) is 22.5 Å². The Morgan fingerprint density at radius 3 is 1.13 bits per heavy atom. The Morgan fingerprint density at radius 2 is 0.783 bits per heavy atom. The first-order valence-electron chi connectivity index (χ1n) is 15.7. The summed E-state index contributed by atoms with van der Waals surface area (Å²) in [7, 11) is 0. The molecule has 4 heterocycles. The summed E-state index contributed by atoms with van der Waals surface area (Å²) in [6.45, 7) is 8.00. The van der Waals surface area contributed by atoms with Crippen molar-refractivity contribution in [2.75, 3.05) is 9.80 Å². The Bertz CT molecular complexity index is 1570. The molecule has 3 aromatic carbocycles. The number of hydrogen-bond donors (Lipinski definition) is 0. The molecule has 2 saturated heterocycles. The van der Waals surface area contributed by atoms with E-state index in [1.165, 1.54) is 0 Å². The zero-order valence-electron chi connectivity index (χ0n) is 26.4. The highest BCUT2D eigenvalue weighted by molar-refractivity contribution is 6.17. The standard InChI is InChI=1S/C34H26N4O4.2C2H6/c39-31-29(33(41)37(25-11-3-1-4-12-25)27-15-7-9-21-35(27)31)23-17-19-24(20-18-23)30-32(40)36-22-10-8-16-28(36)38(34(30)42)26-13-5-2-6-14-26;2*1-2/h1-22,27-30H;2*1-2H3. The molecule has 8 heteroatoms. The van der Waals surface area contributed by atoms with Gasteiger partial charge < -0.3 is 0 Å². The first-order chi connectivity index (χ1) is 22.5. The van der Waals surface area contributed by atoms with Crippen molar-refractivity contribution in [3.63, 3.8) is 0 Å². The van der Waals surface area contributed by atoms with Crippen LogP contribution in [0.5, 0.6) is 0 Å². The average Bonchev–Trinajstić information content (AvgIpc) is 3.12. The molecule has 8 nitrogen and oxygen atoms in total. The second-order valence-electron chi connectivity index (χ2n) is 10.4. The van der Waals surface area contributed by atoms with Gasteiger partial charge in [0, 0.05) is 23.8 Å². The number of anilines is 2. The summed E-state index contributed by atoms with van der Waals surface area (Å²) in [5.41, 5.74) is 2.35. The quantitative estimate of drug-likeness (QED) is 0.315. The lowest BCUT2D eigenvalue weighted by atomic mass is 9.87. The summed E-state index contributed by atoms with van der Waals surface area (Å²) in [6, 6.07) is 25.2.